The first-order valence-corrected chi connectivity index (χ1v) is 21.1. The summed E-state index contributed by atoms with van der Waals surface area (Å²) in [5, 5.41) is 5.06. The minimum absolute atomic E-state index is 0.519. The van der Waals surface area contributed by atoms with Gasteiger partial charge in [-0.25, -0.2) is 0 Å². The predicted octanol–water partition coefficient (Wildman–Crippen LogP) is 15.1. The fraction of sp³-hybridized carbons (Fsp3) is 0.0175. The second-order valence-electron chi connectivity index (χ2n) is 15.8. The van der Waals surface area contributed by atoms with Gasteiger partial charge in [0.25, 0.3) is 0 Å². The standard InChI is InChI=1S/C57H37NS/c58-42-30-26-37(27-31-42)36-22-24-38(25-23-36)40-28-32-53-51(34-40)57(49-20-10-8-14-43(49)44-15-9-11-21-50(44)57)52-35-41(29-33-54(52)59-53)56-47-18-6-4-16-45(47)55(39-12-2-1-3-13-39)46-17-5-7-19-48(46)56/h1-35H,58H2. The second kappa shape index (κ2) is 13.2. The SMILES string of the molecule is Nc1ccc(-c2ccc(-c3ccc4c(c3)C3(c5cc(-c6c7ccccc7c(-c7ccccc7)c7ccccc67)ccc5S4)c4ccccc4-c4ccccc43)cc2)cc1. The molecule has 0 saturated heterocycles. The lowest BCUT2D eigenvalue weighted by molar-refractivity contribution is 0.723. The minimum atomic E-state index is -0.519. The van der Waals surface area contributed by atoms with Crippen molar-refractivity contribution in [3.63, 3.8) is 0 Å². The van der Waals surface area contributed by atoms with Gasteiger partial charge in [0.15, 0.2) is 0 Å². The smallest absolute Gasteiger partial charge is 0.0735 e. The molecule has 1 nitrogen and oxygen atoms in total. The molecule has 0 amide bonds. The third kappa shape index (κ3) is 5.07. The lowest BCUT2D eigenvalue weighted by atomic mass is 9.66. The van der Waals surface area contributed by atoms with Gasteiger partial charge in [-0.3, -0.25) is 0 Å². The summed E-state index contributed by atoms with van der Waals surface area (Å²) in [5.74, 6) is 0. The van der Waals surface area contributed by atoms with E-state index < -0.39 is 5.41 Å². The van der Waals surface area contributed by atoms with Crippen LogP contribution in [-0.4, -0.2) is 0 Å². The molecule has 0 aromatic heterocycles. The minimum Gasteiger partial charge on any atom is -0.399 e. The van der Waals surface area contributed by atoms with Gasteiger partial charge in [0, 0.05) is 15.5 Å². The number of anilines is 1. The van der Waals surface area contributed by atoms with Gasteiger partial charge in [-0.1, -0.05) is 188 Å². The average molecular weight is 768 g/mol. The Balaban J connectivity index is 1.11. The molecule has 1 aliphatic heterocycles. The number of nitrogens with two attached hydrogens (primary N) is 1. The van der Waals surface area contributed by atoms with Crippen LogP contribution in [0.15, 0.2) is 222 Å². The Morgan fingerprint density at radius 1 is 0.305 bits per heavy atom. The summed E-state index contributed by atoms with van der Waals surface area (Å²) in [4.78, 5) is 2.59. The highest BCUT2D eigenvalue weighted by Crippen LogP contribution is 2.63. The van der Waals surface area contributed by atoms with E-state index in [0.29, 0.717) is 0 Å². The molecule has 10 aromatic rings. The normalized spacial score (nSPS) is 13.2. The first kappa shape index (κ1) is 34.0. The van der Waals surface area contributed by atoms with E-state index in [1.807, 2.05) is 23.9 Å². The van der Waals surface area contributed by atoms with E-state index in [1.165, 1.54) is 104 Å². The zero-order chi connectivity index (χ0) is 39.1. The Morgan fingerprint density at radius 3 is 1.24 bits per heavy atom. The monoisotopic (exact) mass is 767 g/mol. The molecule has 276 valence electrons. The van der Waals surface area contributed by atoms with Crippen molar-refractivity contribution < 1.29 is 0 Å². The zero-order valence-electron chi connectivity index (χ0n) is 32.2. The number of fused-ring (bicyclic) bond motifs is 11. The Morgan fingerprint density at radius 2 is 0.695 bits per heavy atom. The van der Waals surface area contributed by atoms with Crippen LogP contribution in [0.25, 0.3) is 77.2 Å². The van der Waals surface area contributed by atoms with Gasteiger partial charge in [-0.15, -0.1) is 0 Å². The Kier molecular flexibility index (Phi) is 7.60. The van der Waals surface area contributed by atoms with Gasteiger partial charge in [-0.2, -0.15) is 0 Å². The highest BCUT2D eigenvalue weighted by Gasteiger charge is 2.50. The number of rotatable bonds is 4. The summed E-state index contributed by atoms with van der Waals surface area (Å²) < 4.78 is 0. The fourth-order valence-corrected chi connectivity index (χ4v) is 11.3. The summed E-state index contributed by atoms with van der Waals surface area (Å²) in [5.41, 5.74) is 24.0. The molecule has 0 radical (unpaired) electrons. The van der Waals surface area contributed by atoms with Crippen molar-refractivity contribution in [1.29, 1.82) is 0 Å². The van der Waals surface area contributed by atoms with E-state index in [1.54, 1.807) is 0 Å². The molecule has 12 rings (SSSR count). The maximum Gasteiger partial charge on any atom is 0.0735 e. The molecule has 1 heterocycles. The number of hydrogen-bond acceptors (Lipinski definition) is 2. The molecule has 2 N–H and O–H groups in total. The average Bonchev–Trinajstić information content (AvgIpc) is 3.59. The van der Waals surface area contributed by atoms with Gasteiger partial charge < -0.3 is 5.73 Å². The van der Waals surface area contributed by atoms with E-state index in [0.717, 1.165) is 11.3 Å². The molecular formula is C57H37NS. The van der Waals surface area contributed by atoms with Crippen LogP contribution in [0.2, 0.25) is 0 Å². The Bertz CT molecular complexity index is 3190. The van der Waals surface area contributed by atoms with Crippen LogP contribution < -0.4 is 5.73 Å². The van der Waals surface area contributed by atoms with Crippen LogP contribution >= 0.6 is 11.8 Å². The summed E-state index contributed by atoms with van der Waals surface area (Å²) in [7, 11) is 0. The van der Waals surface area contributed by atoms with E-state index in [9.17, 15) is 0 Å². The molecule has 2 aliphatic rings. The first-order chi connectivity index (χ1) is 29.2. The summed E-state index contributed by atoms with van der Waals surface area (Å²) in [6, 6.07) is 78.5. The van der Waals surface area contributed by atoms with Crippen LogP contribution in [0, 0.1) is 0 Å². The number of hydrogen-bond donors (Lipinski definition) is 1. The van der Waals surface area contributed by atoms with E-state index >= 15 is 0 Å². The van der Waals surface area contributed by atoms with Gasteiger partial charge in [0.1, 0.15) is 0 Å². The Hall–Kier alpha value is -7.13. The van der Waals surface area contributed by atoms with Crippen molar-refractivity contribution in [2.75, 3.05) is 5.73 Å². The number of benzene rings is 10. The first-order valence-electron chi connectivity index (χ1n) is 20.3. The van der Waals surface area contributed by atoms with Gasteiger partial charge in [0.05, 0.1) is 5.41 Å². The maximum atomic E-state index is 6.00. The third-order valence-electron chi connectivity index (χ3n) is 12.7. The van der Waals surface area contributed by atoms with E-state index in [4.69, 9.17) is 5.73 Å². The van der Waals surface area contributed by atoms with E-state index in [-0.39, 0.29) is 0 Å². The third-order valence-corrected chi connectivity index (χ3v) is 13.8. The molecule has 0 fully saturated rings. The summed E-state index contributed by atoms with van der Waals surface area (Å²) in [6.07, 6.45) is 0. The maximum absolute atomic E-state index is 6.00. The second-order valence-corrected chi connectivity index (χ2v) is 16.9. The molecule has 0 atom stereocenters. The largest absolute Gasteiger partial charge is 0.399 e. The molecule has 59 heavy (non-hydrogen) atoms. The summed E-state index contributed by atoms with van der Waals surface area (Å²) >= 11 is 1.90. The molecule has 10 aromatic carbocycles. The molecular weight excluding hydrogens is 731 g/mol. The van der Waals surface area contributed by atoms with Crippen molar-refractivity contribution in [1.82, 2.24) is 0 Å². The predicted molar refractivity (Wildman–Crippen MR) is 249 cm³/mol. The van der Waals surface area contributed by atoms with E-state index in [2.05, 4.69) is 200 Å². The van der Waals surface area contributed by atoms with Crippen molar-refractivity contribution >= 4 is 39.0 Å². The topological polar surface area (TPSA) is 26.0 Å². The quantitative estimate of drug-likeness (QED) is 0.143. The Labute approximate surface area is 348 Å². The molecule has 1 spiro atoms. The zero-order valence-corrected chi connectivity index (χ0v) is 33.0. The number of nitrogen functional groups attached to an aromatic ring is 1. The molecule has 2 heteroatoms. The van der Waals surface area contributed by atoms with Crippen LogP contribution in [0.1, 0.15) is 22.3 Å². The molecule has 0 saturated carbocycles. The highest BCUT2D eigenvalue weighted by molar-refractivity contribution is 7.99. The van der Waals surface area contributed by atoms with Crippen molar-refractivity contribution in [3.8, 4) is 55.6 Å². The summed E-state index contributed by atoms with van der Waals surface area (Å²) in [6.45, 7) is 0. The van der Waals surface area contributed by atoms with Crippen molar-refractivity contribution in [2.45, 2.75) is 15.2 Å². The van der Waals surface area contributed by atoms with Gasteiger partial charge in [-0.05, 0) is 136 Å². The van der Waals surface area contributed by atoms with Crippen LogP contribution in [-0.2, 0) is 5.41 Å². The van der Waals surface area contributed by atoms with Crippen LogP contribution in [0.3, 0.4) is 0 Å². The molecule has 0 unspecified atom stereocenters. The van der Waals surface area contributed by atoms with Crippen molar-refractivity contribution in [2.24, 2.45) is 0 Å². The van der Waals surface area contributed by atoms with Gasteiger partial charge in [0.2, 0.25) is 0 Å². The van der Waals surface area contributed by atoms with Crippen molar-refractivity contribution in [3.05, 3.63) is 235 Å². The lowest BCUT2D eigenvalue weighted by Gasteiger charge is -2.40. The lowest BCUT2D eigenvalue weighted by Crippen LogP contribution is -2.32. The fourth-order valence-electron chi connectivity index (χ4n) is 10.1. The van der Waals surface area contributed by atoms with Crippen LogP contribution in [0.4, 0.5) is 5.69 Å². The molecule has 1 aliphatic carbocycles. The molecule has 0 bridgehead atoms. The van der Waals surface area contributed by atoms with Gasteiger partial charge >= 0.3 is 0 Å². The highest BCUT2D eigenvalue weighted by atomic mass is 32.2. The van der Waals surface area contributed by atoms with Crippen LogP contribution in [0.5, 0.6) is 0 Å².